The number of aromatic nitrogens is 6. The number of benzene rings is 1. The lowest BCUT2D eigenvalue weighted by atomic mass is 9.91. The number of hydrogen-bond donors (Lipinski definition) is 4. The van der Waals surface area contributed by atoms with E-state index < -0.39 is 55.0 Å². The van der Waals surface area contributed by atoms with Gasteiger partial charge in [0.05, 0.1) is 64.1 Å². The lowest BCUT2D eigenvalue weighted by Gasteiger charge is -2.43. The molecule has 80 heavy (non-hydrogen) atoms. The Labute approximate surface area is 466 Å². The van der Waals surface area contributed by atoms with Crippen LogP contribution in [-0.4, -0.2) is 156 Å². The van der Waals surface area contributed by atoms with E-state index in [1.807, 2.05) is 70.2 Å². The van der Waals surface area contributed by atoms with Crippen LogP contribution < -0.4 is 30.3 Å². The molecular weight excluding hydrogens is 1050 g/mol. The number of aryl methyl sites for hydroxylation is 1. The first-order valence-electron chi connectivity index (χ1n) is 27.6. The van der Waals surface area contributed by atoms with Crippen LogP contribution in [0.2, 0.25) is 0 Å². The van der Waals surface area contributed by atoms with E-state index in [4.69, 9.17) is 24.5 Å². The SMILES string of the molecule is Cc1ncsc1-c1ccc([C@H](C)NC(=O)[C@@H]2C[C@@H](O)CN2C(=O)[C@@H](c2cc(OCC(F)(F)CN3CCC(OC4CC(Oc5cc(N6C7CC[C@@H]6CN(c6cc(-c8ccccc8O)nnc6N)C7)ccn5)C4)CC3)no2)C(C)C)cn1. The molecule has 2 amide bonds. The molecule has 6 atom stereocenters. The van der Waals surface area contributed by atoms with Crippen LogP contribution in [0.15, 0.2) is 83.1 Å². The number of rotatable bonds is 19. The van der Waals surface area contributed by atoms with E-state index in [-0.39, 0.29) is 66.7 Å². The number of halogens is 2. The van der Waals surface area contributed by atoms with Crippen LogP contribution in [0.5, 0.6) is 17.5 Å². The molecule has 20 nitrogen and oxygen atoms in total. The second-order valence-electron chi connectivity index (χ2n) is 22.3. The summed E-state index contributed by atoms with van der Waals surface area (Å²) in [6.07, 6.45) is 7.27. The second kappa shape index (κ2) is 23.2. The van der Waals surface area contributed by atoms with E-state index in [0.717, 1.165) is 59.1 Å². The molecule has 1 saturated carbocycles. The molecule has 1 aliphatic carbocycles. The average Bonchev–Trinajstić information content (AvgIpc) is 4.31. The van der Waals surface area contributed by atoms with E-state index in [2.05, 4.69) is 45.4 Å². The summed E-state index contributed by atoms with van der Waals surface area (Å²) < 4.78 is 54.8. The molecule has 0 spiro atoms. The van der Waals surface area contributed by atoms with Crippen LogP contribution in [0.4, 0.5) is 26.0 Å². The van der Waals surface area contributed by atoms with Crippen LogP contribution >= 0.6 is 11.3 Å². The van der Waals surface area contributed by atoms with Gasteiger partial charge in [0.25, 0.3) is 11.8 Å². The van der Waals surface area contributed by atoms with Crippen molar-refractivity contribution in [2.75, 3.05) is 61.4 Å². The van der Waals surface area contributed by atoms with Crippen molar-refractivity contribution in [3.8, 4) is 39.3 Å². The Morgan fingerprint density at radius 3 is 2.39 bits per heavy atom. The molecule has 2 bridgehead atoms. The molecule has 4 saturated heterocycles. The molecule has 9 heterocycles. The molecule has 1 aromatic carbocycles. The molecule has 5 N–H and O–H groups in total. The maximum Gasteiger partial charge on any atom is 0.293 e. The van der Waals surface area contributed by atoms with Crippen LogP contribution in [0.3, 0.4) is 0 Å². The van der Waals surface area contributed by atoms with Gasteiger partial charge in [-0.2, -0.15) is 0 Å². The third kappa shape index (κ3) is 12.0. The van der Waals surface area contributed by atoms with Crippen molar-refractivity contribution in [1.82, 2.24) is 45.4 Å². The number of nitrogens with one attached hydrogen (secondary N) is 1. The van der Waals surface area contributed by atoms with Crippen molar-refractivity contribution in [1.29, 1.82) is 0 Å². The lowest BCUT2D eigenvalue weighted by Crippen LogP contribution is -2.54. The number of pyridine rings is 2. The summed E-state index contributed by atoms with van der Waals surface area (Å²) in [6.45, 7) is 8.24. The van der Waals surface area contributed by atoms with Crippen molar-refractivity contribution in [2.45, 2.75) is 133 Å². The highest BCUT2D eigenvalue weighted by atomic mass is 32.1. The zero-order chi connectivity index (χ0) is 55.8. The Bertz CT molecular complexity index is 3120. The third-order valence-electron chi connectivity index (χ3n) is 16.2. The summed E-state index contributed by atoms with van der Waals surface area (Å²) in [6, 6.07) is 17.2. The number of nitrogens with zero attached hydrogens (tertiary/aromatic N) is 10. The zero-order valence-corrected chi connectivity index (χ0v) is 46.1. The maximum atomic E-state index is 15.5. The largest absolute Gasteiger partial charge is 0.507 e. The average molecular weight is 1120 g/mol. The highest BCUT2D eigenvalue weighted by Gasteiger charge is 2.45. The number of anilines is 3. The number of nitrogens with two attached hydrogens (primary N) is 1. The minimum absolute atomic E-state index is 0.0155. The van der Waals surface area contributed by atoms with Gasteiger partial charge in [-0.15, -0.1) is 21.5 Å². The molecule has 0 radical (unpaired) electrons. The van der Waals surface area contributed by atoms with Gasteiger partial charge < -0.3 is 54.7 Å². The number of fused-ring (bicyclic) bond motifs is 2. The zero-order valence-electron chi connectivity index (χ0n) is 45.2. The number of piperidine rings is 1. The molecule has 11 rings (SSSR count). The summed E-state index contributed by atoms with van der Waals surface area (Å²) in [5.74, 6) is -4.37. The van der Waals surface area contributed by atoms with Crippen molar-refractivity contribution in [3.05, 3.63) is 95.6 Å². The molecule has 5 fully saturated rings. The Morgan fingerprint density at radius 2 is 1.68 bits per heavy atom. The Hall–Kier alpha value is -7.08. The third-order valence-corrected chi connectivity index (χ3v) is 17.2. The van der Waals surface area contributed by atoms with E-state index in [0.29, 0.717) is 61.7 Å². The predicted octanol–water partition coefficient (Wildman–Crippen LogP) is 7.18. The first-order chi connectivity index (χ1) is 38.5. The van der Waals surface area contributed by atoms with Gasteiger partial charge in [0.2, 0.25) is 17.7 Å². The Balaban J connectivity index is 0.607. The van der Waals surface area contributed by atoms with Gasteiger partial charge in [-0.1, -0.05) is 32.0 Å². The molecule has 1 unspecified atom stereocenters. The van der Waals surface area contributed by atoms with Crippen molar-refractivity contribution >= 4 is 40.3 Å². The number of carbonyl (C=O) groups excluding carboxylic acids is 2. The highest BCUT2D eigenvalue weighted by Crippen LogP contribution is 2.41. The highest BCUT2D eigenvalue weighted by molar-refractivity contribution is 7.13. The van der Waals surface area contributed by atoms with Gasteiger partial charge in [0.15, 0.2) is 18.2 Å². The van der Waals surface area contributed by atoms with Gasteiger partial charge in [-0.3, -0.25) is 19.5 Å². The number of amides is 2. The van der Waals surface area contributed by atoms with Gasteiger partial charge in [0.1, 0.15) is 23.8 Å². The number of piperazine rings is 1. The van der Waals surface area contributed by atoms with Crippen molar-refractivity contribution in [2.24, 2.45) is 5.92 Å². The standard InChI is InChI=1S/C57H68F2N12O8S/c1-32(2)52(56(75)70-28-39(72)20-47(70)55(74)64-33(3)35-9-12-44(62-25-35)53-34(4)63-31-80-53)49-24-51(67-79-49)76-30-57(58,59)29-68-17-14-40(15-18-68)77-41-21-42(22-41)78-50-19-36(13-16-61-50)71-37-10-11-38(71)27-69(26-37)46-23-45(65-66-54(46)60)43-7-5-6-8-48(43)73/h5-9,12-13,16,19,23-25,31-33,37-42,47,52,72-73H,10-11,14-15,17-18,20-22,26-30H2,1-4H3,(H2,60,66)(H,64,74)/t33-,37+,38?,39+,41?,42?,47-,52+/m0/s1. The van der Waals surface area contributed by atoms with Crippen LogP contribution in [-0.2, 0) is 14.3 Å². The summed E-state index contributed by atoms with van der Waals surface area (Å²) >= 11 is 1.50. The maximum absolute atomic E-state index is 15.5. The topological polar surface area (TPSA) is 244 Å². The molecule has 4 aliphatic heterocycles. The van der Waals surface area contributed by atoms with Crippen molar-refractivity contribution < 1.29 is 47.3 Å². The number of carbonyl (C=O) groups is 2. The molecular formula is C57H68F2N12O8S. The number of para-hydroxylation sites is 1. The van der Waals surface area contributed by atoms with Gasteiger partial charge in [0, 0.05) is 99.8 Å². The minimum Gasteiger partial charge on any atom is -0.507 e. The van der Waals surface area contributed by atoms with E-state index in [1.54, 1.807) is 34.9 Å². The number of ether oxygens (including phenoxy) is 3. The number of likely N-dealkylation sites (tertiary alicyclic amines) is 2. The van der Waals surface area contributed by atoms with Crippen LogP contribution in [0.25, 0.3) is 21.8 Å². The summed E-state index contributed by atoms with van der Waals surface area (Å²) in [7, 11) is 0. The normalized spacial score (nSPS) is 23.3. The van der Waals surface area contributed by atoms with Crippen LogP contribution in [0.1, 0.15) is 94.7 Å². The number of hydrogen-bond acceptors (Lipinski definition) is 19. The number of β-amino-alcohol motifs (C(OH)–C–C–N with tert-alkyl or cyclic N) is 1. The smallest absolute Gasteiger partial charge is 0.293 e. The summed E-state index contributed by atoms with van der Waals surface area (Å²) in [4.78, 5) is 50.1. The van der Waals surface area contributed by atoms with Crippen molar-refractivity contribution in [3.63, 3.8) is 0 Å². The number of phenolic OH excluding ortho intramolecular Hbond substituents is 1. The fraction of sp³-hybridized carbons (Fsp3) is 0.509. The second-order valence-corrected chi connectivity index (χ2v) is 23.2. The number of nitrogen functional groups attached to an aromatic ring is 1. The predicted molar refractivity (Wildman–Crippen MR) is 295 cm³/mol. The number of aliphatic hydroxyl groups excluding tert-OH is 1. The van der Waals surface area contributed by atoms with Gasteiger partial charge >= 0.3 is 0 Å². The van der Waals surface area contributed by atoms with Gasteiger partial charge in [-0.05, 0) is 86.5 Å². The van der Waals surface area contributed by atoms with Gasteiger partial charge in [-0.25, -0.2) is 18.7 Å². The summed E-state index contributed by atoms with van der Waals surface area (Å²) in [5, 5.41) is 36.5. The first-order valence-corrected chi connectivity index (χ1v) is 28.5. The van der Waals surface area contributed by atoms with Crippen LogP contribution in [0, 0.1) is 12.8 Å². The first kappa shape index (κ1) is 54.9. The molecule has 23 heteroatoms. The number of phenols is 1. The minimum atomic E-state index is -3.22. The number of thiazole rings is 1. The molecule has 424 valence electrons. The Morgan fingerprint density at radius 1 is 0.900 bits per heavy atom. The monoisotopic (exact) mass is 1120 g/mol. The molecule has 5 aliphatic rings. The molecule has 6 aromatic rings. The van der Waals surface area contributed by atoms with E-state index in [1.165, 1.54) is 22.3 Å². The quantitative estimate of drug-likeness (QED) is 0.0627. The number of aliphatic hydroxyl groups is 1. The fourth-order valence-electron chi connectivity index (χ4n) is 12.0. The molecule has 5 aromatic heterocycles. The Kier molecular flexibility index (Phi) is 15.9. The number of alkyl halides is 2. The lowest BCUT2D eigenvalue weighted by molar-refractivity contribution is -0.141. The fourth-order valence-corrected chi connectivity index (χ4v) is 12.8. The van der Waals surface area contributed by atoms with E-state index >= 15 is 8.78 Å². The van der Waals surface area contributed by atoms with E-state index in [9.17, 15) is 19.8 Å². The number of aromatic hydroxyl groups is 1. The summed E-state index contributed by atoms with van der Waals surface area (Å²) in [5.41, 5.74) is 13.6.